The average Bonchev–Trinajstić information content (AvgIpc) is 4.06. The fraction of sp³-hybridized carbons (Fsp3) is 0.0357. The van der Waals surface area contributed by atoms with Crippen LogP contribution in [-0.2, 0) is 0 Å². The summed E-state index contributed by atoms with van der Waals surface area (Å²) in [6.07, 6.45) is 0. The standard InChI is InChI=1S/C56H32N2O2/c1-2-14-32-31(13-1)49-37-27-29-43-52(33-15-3-7-19-39(33)57(43)41-21-11-25-47-50(41)35-17-5-9-23-45(35)59-47)55(37)54(32)56-38(49)28-30-44-53(56)34-16-4-8-20-40(34)58(44)42-22-12-26-48-51(42)36-18-6-10-24-46(36)60-48/h1-30,49,54H. The molecule has 0 saturated carbocycles. The number of aromatic nitrogens is 2. The third-order valence-electron chi connectivity index (χ3n) is 13.9. The average molecular weight is 765 g/mol. The Balaban J connectivity index is 1.08. The van der Waals surface area contributed by atoms with Crippen molar-refractivity contribution in [1.82, 2.24) is 9.13 Å². The van der Waals surface area contributed by atoms with E-state index in [2.05, 4.69) is 191 Å². The molecule has 4 aromatic heterocycles. The van der Waals surface area contributed by atoms with E-state index in [9.17, 15) is 0 Å². The normalized spacial score (nSPS) is 15.7. The molecular weight excluding hydrogens is 733 g/mol. The lowest BCUT2D eigenvalue weighted by Crippen LogP contribution is -2.28. The molecule has 0 spiro atoms. The van der Waals surface area contributed by atoms with Crippen molar-refractivity contribution in [1.29, 1.82) is 0 Å². The summed E-state index contributed by atoms with van der Waals surface area (Å²) in [5.41, 5.74) is 19.2. The molecule has 0 radical (unpaired) electrons. The molecule has 13 aromatic rings. The summed E-state index contributed by atoms with van der Waals surface area (Å²) in [5.74, 6) is 0.134. The highest BCUT2D eigenvalue weighted by molar-refractivity contribution is 6.19. The fourth-order valence-electron chi connectivity index (χ4n) is 11.7. The van der Waals surface area contributed by atoms with Crippen molar-refractivity contribution in [2.75, 3.05) is 0 Å². The predicted octanol–water partition coefficient (Wildman–Crippen LogP) is 14.7. The van der Waals surface area contributed by atoms with Crippen LogP contribution in [0.15, 0.2) is 191 Å². The Bertz CT molecular complexity index is 3800. The van der Waals surface area contributed by atoms with E-state index in [1.807, 2.05) is 0 Å². The van der Waals surface area contributed by atoms with Crippen molar-refractivity contribution in [2.45, 2.75) is 11.8 Å². The molecule has 278 valence electrons. The largest absolute Gasteiger partial charge is 0.456 e. The van der Waals surface area contributed by atoms with Gasteiger partial charge in [0.05, 0.1) is 44.2 Å². The van der Waals surface area contributed by atoms with Gasteiger partial charge in [0.15, 0.2) is 0 Å². The van der Waals surface area contributed by atoms with Crippen LogP contribution in [0.2, 0.25) is 0 Å². The molecule has 2 bridgehead atoms. The maximum Gasteiger partial charge on any atom is 0.137 e. The molecule has 4 heterocycles. The third-order valence-corrected chi connectivity index (χ3v) is 13.9. The second kappa shape index (κ2) is 11.0. The van der Waals surface area contributed by atoms with Gasteiger partial charge in [-0.3, -0.25) is 0 Å². The van der Waals surface area contributed by atoms with E-state index < -0.39 is 0 Å². The highest BCUT2D eigenvalue weighted by Gasteiger charge is 2.44. The smallest absolute Gasteiger partial charge is 0.137 e. The lowest BCUT2D eigenvalue weighted by molar-refractivity contribution is 0.668. The molecule has 4 heteroatoms. The number of rotatable bonds is 2. The Morgan fingerprint density at radius 2 is 0.700 bits per heavy atom. The topological polar surface area (TPSA) is 36.1 Å². The molecule has 3 aliphatic rings. The molecule has 3 aliphatic carbocycles. The minimum absolute atomic E-state index is 0.0261. The quantitative estimate of drug-likeness (QED) is 0.176. The molecule has 16 rings (SSSR count). The van der Waals surface area contributed by atoms with E-state index in [4.69, 9.17) is 8.83 Å². The van der Waals surface area contributed by atoms with E-state index in [1.54, 1.807) is 0 Å². The zero-order chi connectivity index (χ0) is 38.8. The van der Waals surface area contributed by atoms with Gasteiger partial charge in [-0.1, -0.05) is 121 Å². The summed E-state index contributed by atoms with van der Waals surface area (Å²) < 4.78 is 17.9. The lowest BCUT2D eigenvalue weighted by Gasteiger charge is -2.43. The van der Waals surface area contributed by atoms with Crippen LogP contribution in [0, 0.1) is 0 Å². The zero-order valence-electron chi connectivity index (χ0n) is 32.2. The monoisotopic (exact) mass is 764 g/mol. The predicted molar refractivity (Wildman–Crippen MR) is 244 cm³/mol. The van der Waals surface area contributed by atoms with Crippen LogP contribution in [0.4, 0.5) is 0 Å². The second-order valence-corrected chi connectivity index (χ2v) is 16.6. The minimum atomic E-state index is 0.0261. The first-order chi connectivity index (χ1) is 29.8. The SMILES string of the molecule is c1ccc2c(c1)C1c3ccc4c(c3C2c2c1ccc1c2c2ccccc2n1-c1cccc2oc3ccccc3c12)c1ccccc1n4-c1cccc2oc3ccccc3c12. The van der Waals surface area contributed by atoms with Crippen molar-refractivity contribution in [3.05, 3.63) is 215 Å². The molecule has 0 N–H and O–H groups in total. The van der Waals surface area contributed by atoms with Gasteiger partial charge in [0.2, 0.25) is 0 Å². The van der Waals surface area contributed by atoms with Crippen molar-refractivity contribution in [3.8, 4) is 11.4 Å². The van der Waals surface area contributed by atoms with E-state index in [0.29, 0.717) is 0 Å². The number of furan rings is 2. The van der Waals surface area contributed by atoms with Crippen molar-refractivity contribution < 1.29 is 8.83 Å². The second-order valence-electron chi connectivity index (χ2n) is 16.6. The molecule has 0 atom stereocenters. The van der Waals surface area contributed by atoms with E-state index in [-0.39, 0.29) is 11.8 Å². The molecule has 0 amide bonds. The third kappa shape index (κ3) is 3.70. The molecule has 4 nitrogen and oxygen atoms in total. The summed E-state index contributed by atoms with van der Waals surface area (Å²) in [7, 11) is 0. The Morgan fingerprint density at radius 1 is 0.283 bits per heavy atom. The number of nitrogens with zero attached hydrogens (tertiary/aromatic N) is 2. The van der Waals surface area contributed by atoms with Crippen LogP contribution in [0.5, 0.6) is 0 Å². The van der Waals surface area contributed by atoms with Gasteiger partial charge in [0.25, 0.3) is 0 Å². The minimum Gasteiger partial charge on any atom is -0.456 e. The Kier molecular flexibility index (Phi) is 5.73. The summed E-state index contributed by atoms with van der Waals surface area (Å²) in [6, 6.07) is 66.7. The summed E-state index contributed by atoms with van der Waals surface area (Å²) >= 11 is 0. The van der Waals surface area contributed by atoms with Crippen LogP contribution in [-0.4, -0.2) is 9.13 Å². The maximum atomic E-state index is 6.45. The van der Waals surface area contributed by atoms with Crippen LogP contribution in [0.1, 0.15) is 45.2 Å². The number of hydrogen-bond donors (Lipinski definition) is 0. The van der Waals surface area contributed by atoms with Gasteiger partial charge in [-0.15, -0.1) is 0 Å². The molecule has 0 saturated heterocycles. The number of para-hydroxylation sites is 4. The van der Waals surface area contributed by atoms with Crippen molar-refractivity contribution in [2.24, 2.45) is 0 Å². The van der Waals surface area contributed by atoms with Crippen molar-refractivity contribution in [3.63, 3.8) is 0 Å². The van der Waals surface area contributed by atoms with Crippen LogP contribution in [0.3, 0.4) is 0 Å². The van der Waals surface area contributed by atoms with Gasteiger partial charge in [0.1, 0.15) is 22.3 Å². The van der Waals surface area contributed by atoms with E-state index in [1.165, 1.54) is 77.0 Å². The number of hydrogen-bond acceptors (Lipinski definition) is 2. The van der Waals surface area contributed by atoms with Gasteiger partial charge in [-0.05, 0) is 94.0 Å². The van der Waals surface area contributed by atoms with Gasteiger partial charge >= 0.3 is 0 Å². The number of benzene rings is 9. The zero-order valence-corrected chi connectivity index (χ0v) is 32.2. The summed E-state index contributed by atoms with van der Waals surface area (Å²) in [5, 5.41) is 9.75. The van der Waals surface area contributed by atoms with Crippen LogP contribution >= 0.6 is 0 Å². The molecular formula is C56H32N2O2. The van der Waals surface area contributed by atoms with Gasteiger partial charge in [-0.25, -0.2) is 0 Å². The summed E-state index contributed by atoms with van der Waals surface area (Å²) in [6.45, 7) is 0. The molecule has 9 aromatic carbocycles. The Morgan fingerprint density at radius 3 is 1.22 bits per heavy atom. The van der Waals surface area contributed by atoms with Gasteiger partial charge in [0, 0.05) is 44.2 Å². The lowest BCUT2D eigenvalue weighted by atomic mass is 9.59. The highest BCUT2D eigenvalue weighted by Crippen LogP contribution is 2.60. The molecule has 0 aliphatic heterocycles. The molecule has 60 heavy (non-hydrogen) atoms. The Hall–Kier alpha value is -7.82. The van der Waals surface area contributed by atoms with Crippen LogP contribution in [0.25, 0.3) is 98.9 Å². The molecule has 0 fully saturated rings. The summed E-state index contributed by atoms with van der Waals surface area (Å²) in [4.78, 5) is 0. The van der Waals surface area contributed by atoms with Crippen molar-refractivity contribution >= 4 is 87.5 Å². The van der Waals surface area contributed by atoms with Crippen LogP contribution < -0.4 is 0 Å². The molecule has 0 unspecified atom stereocenters. The Labute approximate surface area is 342 Å². The van der Waals surface area contributed by atoms with E-state index in [0.717, 1.165) is 55.3 Å². The van der Waals surface area contributed by atoms with Gasteiger partial charge < -0.3 is 18.0 Å². The highest BCUT2D eigenvalue weighted by atomic mass is 16.3. The maximum absolute atomic E-state index is 6.45. The van der Waals surface area contributed by atoms with E-state index >= 15 is 0 Å². The van der Waals surface area contributed by atoms with Gasteiger partial charge in [-0.2, -0.15) is 0 Å². The fourth-order valence-corrected chi connectivity index (χ4v) is 11.7. The number of fused-ring (bicyclic) bond motifs is 12. The first-order valence-electron chi connectivity index (χ1n) is 20.8. The first kappa shape index (κ1) is 31.2. The first-order valence-corrected chi connectivity index (χ1v) is 20.8.